The van der Waals surface area contributed by atoms with Gasteiger partial charge in [-0.25, -0.2) is 0 Å². The molecule has 0 saturated carbocycles. The van der Waals surface area contributed by atoms with E-state index in [2.05, 4.69) is 136 Å². The van der Waals surface area contributed by atoms with Crippen LogP contribution >= 0.6 is 0 Å². The van der Waals surface area contributed by atoms with Crippen LogP contribution < -0.4 is 0 Å². The number of hydrogen-bond acceptors (Lipinski definition) is 6. The van der Waals surface area contributed by atoms with Gasteiger partial charge in [-0.05, 0) is 122 Å². The lowest BCUT2D eigenvalue weighted by Gasteiger charge is -2.18. The van der Waals surface area contributed by atoms with Crippen molar-refractivity contribution >= 4 is 17.9 Å². The van der Waals surface area contributed by atoms with Crippen LogP contribution in [0.4, 0.5) is 0 Å². The molecule has 71 heavy (non-hydrogen) atoms. The monoisotopic (exact) mass is 983 g/mol. The Balaban J connectivity index is 4.60. The minimum absolute atomic E-state index is 0.128. The molecule has 0 unspecified atom stereocenters. The van der Waals surface area contributed by atoms with Crippen molar-refractivity contribution < 1.29 is 28.6 Å². The van der Waals surface area contributed by atoms with Gasteiger partial charge in [0.25, 0.3) is 0 Å². The Labute approximate surface area is 437 Å². The third kappa shape index (κ3) is 56.6. The lowest BCUT2D eigenvalue weighted by molar-refractivity contribution is -0.166. The van der Waals surface area contributed by atoms with Gasteiger partial charge in [0.1, 0.15) is 13.2 Å². The van der Waals surface area contributed by atoms with Gasteiger partial charge in [0.05, 0.1) is 0 Å². The molecule has 0 spiro atoms. The molecule has 0 aromatic heterocycles. The third-order valence-electron chi connectivity index (χ3n) is 11.9. The largest absolute Gasteiger partial charge is 0.462 e. The minimum atomic E-state index is -0.842. The van der Waals surface area contributed by atoms with Gasteiger partial charge in [0, 0.05) is 19.3 Å². The summed E-state index contributed by atoms with van der Waals surface area (Å²) in [4.78, 5) is 38.1. The molecule has 6 nitrogen and oxygen atoms in total. The van der Waals surface area contributed by atoms with Crippen molar-refractivity contribution in [2.75, 3.05) is 13.2 Å². The molecule has 6 heteroatoms. The molecule has 0 aliphatic carbocycles. The van der Waals surface area contributed by atoms with E-state index in [-0.39, 0.29) is 44.0 Å². The third-order valence-corrected chi connectivity index (χ3v) is 11.9. The minimum Gasteiger partial charge on any atom is -0.462 e. The molecule has 1 atom stereocenters. The SMILES string of the molecule is CCCCC/C=C\C/C=C\C/C=C\C/C=C\C/C=C\CCC(=O)OC[C@H](COC(=O)CCCCCCCCC/C=C\C/C=C\CCCCC)OC(=O)CCC/C=C\C/C=C\C/C=C\CCCCCCCC. The second-order valence-electron chi connectivity index (χ2n) is 18.8. The maximum atomic E-state index is 12.8. The second-order valence-corrected chi connectivity index (χ2v) is 18.8. The standard InChI is InChI=1S/C65H106O6/c1-4-7-10-13-16-19-22-25-28-31-32-35-37-40-43-46-49-52-55-58-64(67)70-61-62(71-65(68)59-56-53-50-47-44-41-38-34-30-27-24-21-18-15-12-9-6-3)60-69-63(66)57-54-51-48-45-42-39-36-33-29-26-23-20-17-14-11-8-5-2/h16-17,19-20,25-30,32,35,38,40-41,43,47,49-50,52,62H,4-15,18,21-24,31,33-34,36-37,39,42,44-46,48,51,53-61H2,1-3H3/b19-16-,20-17-,28-25-,29-26-,30-27-,35-32-,41-38-,43-40-,50-47-,52-49-/t62-/m0/s1. The highest BCUT2D eigenvalue weighted by molar-refractivity contribution is 5.71. The predicted molar refractivity (Wildman–Crippen MR) is 306 cm³/mol. The average Bonchev–Trinajstić information content (AvgIpc) is 3.37. The average molecular weight is 984 g/mol. The van der Waals surface area contributed by atoms with Gasteiger partial charge in [-0.15, -0.1) is 0 Å². The molecule has 0 heterocycles. The molecule has 0 bridgehead atoms. The first kappa shape index (κ1) is 66.8. The number of rotatable bonds is 51. The van der Waals surface area contributed by atoms with Gasteiger partial charge in [0.2, 0.25) is 0 Å². The first-order chi connectivity index (χ1) is 35.0. The zero-order valence-corrected chi connectivity index (χ0v) is 45.9. The second kappa shape index (κ2) is 58.4. The summed E-state index contributed by atoms with van der Waals surface area (Å²) in [6, 6.07) is 0. The topological polar surface area (TPSA) is 78.9 Å². The Morgan fingerprint density at radius 2 is 0.549 bits per heavy atom. The Bertz CT molecular complexity index is 1500. The Morgan fingerprint density at radius 3 is 0.944 bits per heavy atom. The molecule has 0 amide bonds. The maximum absolute atomic E-state index is 12.8. The van der Waals surface area contributed by atoms with E-state index in [1.165, 1.54) is 122 Å². The van der Waals surface area contributed by atoms with E-state index in [1.807, 2.05) is 6.08 Å². The van der Waals surface area contributed by atoms with Crippen LogP contribution in [0.5, 0.6) is 0 Å². The van der Waals surface area contributed by atoms with E-state index < -0.39 is 6.10 Å². The van der Waals surface area contributed by atoms with Gasteiger partial charge in [-0.2, -0.15) is 0 Å². The summed E-state index contributed by atoms with van der Waals surface area (Å²) >= 11 is 0. The normalized spacial score (nSPS) is 13.0. The summed E-state index contributed by atoms with van der Waals surface area (Å²) < 4.78 is 16.7. The molecular formula is C65H106O6. The van der Waals surface area contributed by atoms with Gasteiger partial charge in [0.15, 0.2) is 6.10 Å². The fraction of sp³-hybridized carbons (Fsp3) is 0.646. The zero-order valence-electron chi connectivity index (χ0n) is 45.9. The lowest BCUT2D eigenvalue weighted by atomic mass is 10.1. The van der Waals surface area contributed by atoms with Crippen LogP contribution in [-0.4, -0.2) is 37.2 Å². The van der Waals surface area contributed by atoms with Crippen molar-refractivity contribution in [3.8, 4) is 0 Å². The van der Waals surface area contributed by atoms with Crippen LogP contribution in [0, 0.1) is 0 Å². The van der Waals surface area contributed by atoms with Crippen LogP contribution in [-0.2, 0) is 28.6 Å². The van der Waals surface area contributed by atoms with Gasteiger partial charge >= 0.3 is 17.9 Å². The van der Waals surface area contributed by atoms with Crippen LogP contribution in [0.25, 0.3) is 0 Å². The summed E-state index contributed by atoms with van der Waals surface area (Å²) in [6.45, 7) is 6.46. The lowest BCUT2D eigenvalue weighted by Crippen LogP contribution is -2.30. The number of allylic oxidation sites excluding steroid dienone is 20. The first-order valence-electron chi connectivity index (χ1n) is 29.0. The van der Waals surface area contributed by atoms with E-state index in [9.17, 15) is 14.4 Å². The quantitative estimate of drug-likeness (QED) is 0.0261. The molecule has 402 valence electrons. The number of hydrogen-bond donors (Lipinski definition) is 0. The van der Waals surface area contributed by atoms with E-state index >= 15 is 0 Å². The highest BCUT2D eigenvalue weighted by Crippen LogP contribution is 2.13. The predicted octanol–water partition coefficient (Wildman–Crippen LogP) is 19.6. The molecule has 0 aromatic carbocycles. The van der Waals surface area contributed by atoms with Crippen molar-refractivity contribution in [2.45, 2.75) is 258 Å². The molecule has 0 aromatic rings. The summed E-state index contributed by atoms with van der Waals surface area (Å²) in [5.41, 5.74) is 0. The molecule has 0 fully saturated rings. The molecule has 0 aliphatic heterocycles. The van der Waals surface area contributed by atoms with Crippen molar-refractivity contribution in [3.63, 3.8) is 0 Å². The van der Waals surface area contributed by atoms with E-state index in [1.54, 1.807) is 0 Å². The van der Waals surface area contributed by atoms with Gasteiger partial charge < -0.3 is 14.2 Å². The van der Waals surface area contributed by atoms with Gasteiger partial charge in [-0.3, -0.25) is 14.4 Å². The van der Waals surface area contributed by atoms with Crippen molar-refractivity contribution in [1.82, 2.24) is 0 Å². The number of carbonyl (C=O) groups is 3. The molecular weight excluding hydrogens is 877 g/mol. The Kier molecular flexibility index (Phi) is 54.9. The van der Waals surface area contributed by atoms with E-state index in [0.717, 1.165) is 77.0 Å². The maximum Gasteiger partial charge on any atom is 0.306 e. The first-order valence-corrected chi connectivity index (χ1v) is 29.0. The van der Waals surface area contributed by atoms with Crippen molar-refractivity contribution in [2.24, 2.45) is 0 Å². The summed E-state index contributed by atoms with van der Waals surface area (Å²) in [5, 5.41) is 0. The fourth-order valence-electron chi connectivity index (χ4n) is 7.53. The number of ether oxygens (including phenoxy) is 3. The van der Waals surface area contributed by atoms with Crippen LogP contribution in [0.1, 0.15) is 252 Å². The highest BCUT2D eigenvalue weighted by Gasteiger charge is 2.19. The summed E-state index contributed by atoms with van der Waals surface area (Å²) in [7, 11) is 0. The van der Waals surface area contributed by atoms with Crippen LogP contribution in [0.3, 0.4) is 0 Å². The molecule has 0 aliphatic rings. The molecule has 0 radical (unpaired) electrons. The Hall–Kier alpha value is -4.19. The highest BCUT2D eigenvalue weighted by atomic mass is 16.6. The van der Waals surface area contributed by atoms with Crippen LogP contribution in [0.2, 0.25) is 0 Å². The molecule has 0 N–H and O–H groups in total. The fourth-order valence-corrected chi connectivity index (χ4v) is 7.53. The number of carbonyl (C=O) groups excluding carboxylic acids is 3. The number of unbranched alkanes of at least 4 members (excludes halogenated alkanes) is 20. The van der Waals surface area contributed by atoms with Crippen molar-refractivity contribution in [1.29, 1.82) is 0 Å². The van der Waals surface area contributed by atoms with Gasteiger partial charge in [-0.1, -0.05) is 232 Å². The smallest absolute Gasteiger partial charge is 0.306 e. The summed E-state index contributed by atoms with van der Waals surface area (Å²) in [5.74, 6) is -1.08. The molecule has 0 saturated heterocycles. The van der Waals surface area contributed by atoms with E-state index in [0.29, 0.717) is 19.3 Å². The van der Waals surface area contributed by atoms with Crippen LogP contribution in [0.15, 0.2) is 122 Å². The Morgan fingerprint density at radius 1 is 0.282 bits per heavy atom. The molecule has 0 rings (SSSR count). The van der Waals surface area contributed by atoms with Crippen molar-refractivity contribution in [3.05, 3.63) is 122 Å². The zero-order chi connectivity index (χ0) is 51.4. The van der Waals surface area contributed by atoms with E-state index in [4.69, 9.17) is 14.2 Å². The summed E-state index contributed by atoms with van der Waals surface area (Å²) in [6.07, 6.45) is 80.6. The number of esters is 3.